The van der Waals surface area contributed by atoms with E-state index in [-0.39, 0.29) is 9.92 Å². The van der Waals surface area contributed by atoms with E-state index >= 15 is 0 Å². The van der Waals surface area contributed by atoms with E-state index in [0.29, 0.717) is 18.1 Å². The SMILES string of the molecule is O=S(=O)(c1ccc(Cl)c(Cl)c1)N1CCCN(CC2CC2)CC1. The fourth-order valence-corrected chi connectivity index (χ4v) is 4.68. The standard InChI is InChI=1S/C15H20Cl2N2O2S/c16-14-5-4-13(10-15(14)17)22(20,21)19-7-1-6-18(8-9-19)11-12-2-3-12/h4-5,10,12H,1-3,6-9,11H2. The first kappa shape index (κ1) is 16.5. The lowest BCUT2D eigenvalue weighted by Crippen LogP contribution is -2.35. The van der Waals surface area contributed by atoms with Crippen molar-refractivity contribution in [3.05, 3.63) is 28.2 Å². The fraction of sp³-hybridized carbons (Fsp3) is 0.600. The second-order valence-corrected chi connectivity index (χ2v) is 8.83. The molecule has 122 valence electrons. The van der Waals surface area contributed by atoms with E-state index in [4.69, 9.17) is 23.2 Å². The zero-order valence-electron chi connectivity index (χ0n) is 12.3. The zero-order chi connectivity index (χ0) is 15.7. The molecule has 0 amide bonds. The third-order valence-corrected chi connectivity index (χ3v) is 6.92. The molecular formula is C15H20Cl2N2O2S. The molecule has 1 aliphatic carbocycles. The number of nitrogens with zero attached hydrogens (tertiary/aromatic N) is 2. The maximum absolute atomic E-state index is 12.8. The van der Waals surface area contributed by atoms with Gasteiger partial charge in [0.15, 0.2) is 0 Å². The summed E-state index contributed by atoms with van der Waals surface area (Å²) in [4.78, 5) is 2.61. The second-order valence-electron chi connectivity index (χ2n) is 6.08. The summed E-state index contributed by atoms with van der Waals surface area (Å²) in [5.41, 5.74) is 0. The van der Waals surface area contributed by atoms with Gasteiger partial charge in [0.25, 0.3) is 0 Å². The molecule has 0 unspecified atom stereocenters. The molecule has 1 aliphatic heterocycles. The van der Waals surface area contributed by atoms with E-state index in [1.807, 2.05) is 0 Å². The molecule has 0 atom stereocenters. The molecule has 3 rings (SSSR count). The molecule has 1 saturated carbocycles. The van der Waals surface area contributed by atoms with Crippen molar-refractivity contribution < 1.29 is 8.42 Å². The minimum Gasteiger partial charge on any atom is -0.302 e. The van der Waals surface area contributed by atoms with Crippen molar-refractivity contribution in [1.29, 1.82) is 0 Å². The normalized spacial score (nSPS) is 21.7. The molecule has 0 N–H and O–H groups in total. The summed E-state index contributed by atoms with van der Waals surface area (Å²) in [7, 11) is -3.50. The first-order valence-electron chi connectivity index (χ1n) is 7.64. The molecule has 0 aromatic heterocycles. The lowest BCUT2D eigenvalue weighted by atomic mass is 10.3. The van der Waals surface area contributed by atoms with Crippen LogP contribution in [0.2, 0.25) is 10.0 Å². The van der Waals surface area contributed by atoms with Crippen LogP contribution in [0.4, 0.5) is 0 Å². The van der Waals surface area contributed by atoms with Crippen molar-refractivity contribution >= 4 is 33.2 Å². The molecule has 7 heteroatoms. The molecule has 1 aromatic rings. The van der Waals surface area contributed by atoms with Crippen LogP contribution >= 0.6 is 23.2 Å². The van der Waals surface area contributed by atoms with Crippen molar-refractivity contribution in [2.75, 3.05) is 32.7 Å². The Morgan fingerprint density at radius 3 is 2.50 bits per heavy atom. The molecule has 0 radical (unpaired) electrons. The van der Waals surface area contributed by atoms with Gasteiger partial charge in [0.05, 0.1) is 14.9 Å². The van der Waals surface area contributed by atoms with Crippen molar-refractivity contribution in [2.24, 2.45) is 5.92 Å². The quantitative estimate of drug-likeness (QED) is 0.826. The number of hydrogen-bond acceptors (Lipinski definition) is 3. The molecule has 1 aromatic carbocycles. The van der Waals surface area contributed by atoms with Gasteiger partial charge in [0.1, 0.15) is 0 Å². The molecule has 0 bridgehead atoms. The lowest BCUT2D eigenvalue weighted by Gasteiger charge is -2.21. The number of hydrogen-bond donors (Lipinski definition) is 0. The molecular weight excluding hydrogens is 343 g/mol. The zero-order valence-corrected chi connectivity index (χ0v) is 14.7. The van der Waals surface area contributed by atoms with Crippen LogP contribution in [0.15, 0.2) is 23.1 Å². The first-order valence-corrected chi connectivity index (χ1v) is 9.84. The second kappa shape index (κ2) is 6.65. The first-order chi connectivity index (χ1) is 10.5. The monoisotopic (exact) mass is 362 g/mol. The predicted molar refractivity (Wildman–Crippen MR) is 89.0 cm³/mol. The average Bonchev–Trinajstić information content (AvgIpc) is 3.29. The summed E-state index contributed by atoms with van der Waals surface area (Å²) in [6.07, 6.45) is 3.51. The maximum atomic E-state index is 12.8. The maximum Gasteiger partial charge on any atom is 0.243 e. The van der Waals surface area contributed by atoms with E-state index < -0.39 is 10.0 Å². The van der Waals surface area contributed by atoms with Crippen LogP contribution in [-0.2, 0) is 10.0 Å². The van der Waals surface area contributed by atoms with Crippen LogP contribution in [0.1, 0.15) is 19.3 Å². The molecule has 2 aliphatic rings. The van der Waals surface area contributed by atoms with E-state index in [1.165, 1.54) is 31.0 Å². The Hall–Kier alpha value is -0.330. The lowest BCUT2D eigenvalue weighted by molar-refractivity contribution is 0.275. The Morgan fingerprint density at radius 1 is 1.05 bits per heavy atom. The third-order valence-electron chi connectivity index (χ3n) is 4.29. The highest BCUT2D eigenvalue weighted by molar-refractivity contribution is 7.89. The molecule has 2 fully saturated rings. The number of sulfonamides is 1. The predicted octanol–water partition coefficient (Wildman–Crippen LogP) is 3.10. The van der Waals surface area contributed by atoms with Gasteiger partial charge in [-0.15, -0.1) is 0 Å². The minimum absolute atomic E-state index is 0.220. The van der Waals surface area contributed by atoms with Crippen LogP contribution in [0.25, 0.3) is 0 Å². The highest BCUT2D eigenvalue weighted by Gasteiger charge is 2.29. The van der Waals surface area contributed by atoms with E-state index in [1.54, 1.807) is 4.31 Å². The Balaban J connectivity index is 1.72. The highest BCUT2D eigenvalue weighted by atomic mass is 35.5. The van der Waals surface area contributed by atoms with Gasteiger partial charge >= 0.3 is 0 Å². The molecule has 1 heterocycles. The van der Waals surface area contributed by atoms with Gasteiger partial charge in [-0.2, -0.15) is 4.31 Å². The Kier molecular flexibility index (Phi) is 5.00. The van der Waals surface area contributed by atoms with Crippen LogP contribution in [0.5, 0.6) is 0 Å². The van der Waals surface area contributed by atoms with E-state index in [0.717, 1.165) is 32.0 Å². The summed E-state index contributed by atoms with van der Waals surface area (Å²) in [5.74, 6) is 0.832. The molecule has 4 nitrogen and oxygen atoms in total. The summed E-state index contributed by atoms with van der Waals surface area (Å²) in [6, 6.07) is 4.50. The van der Waals surface area contributed by atoms with Crippen molar-refractivity contribution in [3.8, 4) is 0 Å². The smallest absolute Gasteiger partial charge is 0.243 e. The highest BCUT2D eigenvalue weighted by Crippen LogP contribution is 2.30. The Labute approximate surface area is 142 Å². The van der Waals surface area contributed by atoms with Gasteiger partial charge in [-0.25, -0.2) is 8.42 Å². The van der Waals surface area contributed by atoms with E-state index in [9.17, 15) is 8.42 Å². The Morgan fingerprint density at radius 2 is 1.82 bits per heavy atom. The summed E-state index contributed by atoms with van der Waals surface area (Å²) < 4.78 is 27.1. The van der Waals surface area contributed by atoms with Crippen LogP contribution in [-0.4, -0.2) is 50.3 Å². The Bertz CT molecular complexity index is 647. The van der Waals surface area contributed by atoms with Crippen LogP contribution in [0, 0.1) is 5.92 Å². The minimum atomic E-state index is -3.50. The van der Waals surface area contributed by atoms with Crippen LogP contribution < -0.4 is 0 Å². The summed E-state index contributed by atoms with van der Waals surface area (Å²) in [6.45, 7) is 3.99. The van der Waals surface area contributed by atoms with Gasteiger partial charge in [0.2, 0.25) is 10.0 Å². The molecule has 22 heavy (non-hydrogen) atoms. The number of rotatable bonds is 4. The number of benzene rings is 1. The van der Waals surface area contributed by atoms with E-state index in [2.05, 4.69) is 4.90 Å². The van der Waals surface area contributed by atoms with Gasteiger partial charge in [-0.1, -0.05) is 23.2 Å². The largest absolute Gasteiger partial charge is 0.302 e. The summed E-state index contributed by atoms with van der Waals surface area (Å²) >= 11 is 11.8. The van der Waals surface area contributed by atoms with Crippen LogP contribution in [0.3, 0.4) is 0 Å². The van der Waals surface area contributed by atoms with Crippen molar-refractivity contribution in [3.63, 3.8) is 0 Å². The summed E-state index contributed by atoms with van der Waals surface area (Å²) in [5, 5.41) is 0.639. The van der Waals surface area contributed by atoms with Gasteiger partial charge in [-0.05, 0) is 49.9 Å². The topological polar surface area (TPSA) is 40.6 Å². The third kappa shape index (κ3) is 3.77. The molecule has 0 spiro atoms. The molecule has 1 saturated heterocycles. The van der Waals surface area contributed by atoms with Gasteiger partial charge in [-0.3, -0.25) is 0 Å². The van der Waals surface area contributed by atoms with Crippen molar-refractivity contribution in [2.45, 2.75) is 24.2 Å². The fourth-order valence-electron chi connectivity index (χ4n) is 2.82. The average molecular weight is 363 g/mol. The number of halogens is 2. The van der Waals surface area contributed by atoms with Crippen molar-refractivity contribution in [1.82, 2.24) is 9.21 Å². The van der Waals surface area contributed by atoms with Gasteiger partial charge in [0, 0.05) is 26.2 Å². The van der Waals surface area contributed by atoms with Gasteiger partial charge < -0.3 is 4.90 Å².